The first-order chi connectivity index (χ1) is 16.1. The Morgan fingerprint density at radius 2 is 1.65 bits per heavy atom. The van der Waals surface area contributed by atoms with Crippen molar-refractivity contribution in [3.05, 3.63) is 77.4 Å². The van der Waals surface area contributed by atoms with Crippen LogP contribution >= 0.6 is 0 Å². The molecule has 3 rings (SSSR count). The van der Waals surface area contributed by atoms with Crippen LogP contribution in [-0.2, 0) is 6.61 Å². The Morgan fingerprint density at radius 1 is 0.971 bits per heavy atom. The fraction of sp³-hybridized carbons (Fsp3) is 0.286. The van der Waals surface area contributed by atoms with Crippen LogP contribution in [0.1, 0.15) is 48.7 Å². The number of ether oxygens (including phenoxy) is 1. The van der Waals surface area contributed by atoms with E-state index in [0.29, 0.717) is 35.6 Å². The molecule has 6 nitrogen and oxygen atoms in total. The molecule has 3 aromatic rings. The van der Waals surface area contributed by atoms with E-state index in [1.807, 2.05) is 69.3 Å². The Labute approximate surface area is 201 Å². The maximum Gasteiger partial charge on any atom is 0.318 e. The van der Waals surface area contributed by atoms with Crippen LogP contribution in [0.4, 0.5) is 10.5 Å². The lowest BCUT2D eigenvalue weighted by atomic mass is 9.87. The summed E-state index contributed by atoms with van der Waals surface area (Å²) in [5.41, 5.74) is 4.32. The second-order valence-corrected chi connectivity index (χ2v) is 9.52. The average molecular weight is 461 g/mol. The minimum Gasteiger partial charge on any atom is -0.507 e. The zero-order valence-corrected chi connectivity index (χ0v) is 20.4. The van der Waals surface area contributed by atoms with Crippen LogP contribution in [0.3, 0.4) is 0 Å². The first-order valence-electron chi connectivity index (χ1n) is 11.2. The number of hydrogen-bond acceptors (Lipinski definition) is 4. The summed E-state index contributed by atoms with van der Waals surface area (Å²) in [6.07, 6.45) is 0.354. The Hall–Kier alpha value is -3.80. The van der Waals surface area contributed by atoms with Crippen molar-refractivity contribution in [3.63, 3.8) is 0 Å². The zero-order valence-electron chi connectivity index (χ0n) is 20.4. The standard InChI is InChI=1S/C28H32N2O4/c1-18-25(13-12-23(26(18)32)24(31)16-28(2,3)4)34-17-19-8-6-9-20(14-19)21-10-7-11-22(15-21)30-27(33)29-5/h6-15,32H,16-17H2,1-5H3,(H2,29,30,33). The monoisotopic (exact) mass is 460 g/mol. The lowest BCUT2D eigenvalue weighted by Gasteiger charge is -2.18. The molecule has 178 valence electrons. The molecule has 0 aliphatic carbocycles. The van der Waals surface area contributed by atoms with Crippen molar-refractivity contribution < 1.29 is 19.4 Å². The summed E-state index contributed by atoms with van der Waals surface area (Å²) in [5.74, 6) is 0.424. The first-order valence-corrected chi connectivity index (χ1v) is 11.2. The summed E-state index contributed by atoms with van der Waals surface area (Å²) in [6, 6.07) is 18.6. The van der Waals surface area contributed by atoms with Gasteiger partial charge in [0.2, 0.25) is 0 Å². The normalized spacial score (nSPS) is 11.1. The van der Waals surface area contributed by atoms with E-state index < -0.39 is 0 Å². The van der Waals surface area contributed by atoms with Gasteiger partial charge in [0, 0.05) is 24.7 Å². The highest BCUT2D eigenvalue weighted by atomic mass is 16.5. The molecule has 0 radical (unpaired) electrons. The van der Waals surface area contributed by atoms with Crippen molar-refractivity contribution in [2.75, 3.05) is 12.4 Å². The minimum atomic E-state index is -0.274. The van der Waals surface area contributed by atoms with Crippen LogP contribution < -0.4 is 15.4 Å². The van der Waals surface area contributed by atoms with Crippen molar-refractivity contribution >= 4 is 17.5 Å². The van der Waals surface area contributed by atoms with E-state index in [4.69, 9.17) is 4.74 Å². The van der Waals surface area contributed by atoms with E-state index >= 15 is 0 Å². The van der Waals surface area contributed by atoms with Gasteiger partial charge in [0.05, 0.1) is 5.56 Å². The molecule has 0 fully saturated rings. The quantitative estimate of drug-likeness (QED) is 0.360. The molecule has 0 aliphatic heterocycles. The number of ketones is 1. The number of amides is 2. The molecule has 0 spiro atoms. The number of carbonyl (C=O) groups excluding carboxylic acids is 2. The van der Waals surface area contributed by atoms with Gasteiger partial charge in [0.15, 0.2) is 5.78 Å². The Morgan fingerprint density at radius 3 is 2.32 bits per heavy atom. The number of carbonyl (C=O) groups is 2. The van der Waals surface area contributed by atoms with Crippen LogP contribution in [-0.4, -0.2) is 24.0 Å². The van der Waals surface area contributed by atoms with Gasteiger partial charge in [-0.05, 0) is 59.4 Å². The van der Waals surface area contributed by atoms with Gasteiger partial charge in [-0.15, -0.1) is 0 Å². The van der Waals surface area contributed by atoms with Gasteiger partial charge in [-0.1, -0.05) is 51.1 Å². The molecule has 0 saturated heterocycles. The van der Waals surface area contributed by atoms with E-state index in [2.05, 4.69) is 10.6 Å². The highest BCUT2D eigenvalue weighted by molar-refractivity contribution is 5.99. The number of phenols is 1. The molecule has 0 saturated carbocycles. The van der Waals surface area contributed by atoms with Crippen LogP contribution in [0.5, 0.6) is 11.5 Å². The molecule has 2 amide bonds. The number of benzene rings is 3. The van der Waals surface area contributed by atoms with Crippen molar-refractivity contribution in [2.45, 2.75) is 40.7 Å². The number of urea groups is 1. The molecule has 0 bridgehead atoms. The molecular weight excluding hydrogens is 428 g/mol. The predicted octanol–water partition coefficient (Wildman–Crippen LogP) is 6.32. The summed E-state index contributed by atoms with van der Waals surface area (Å²) in [5, 5.41) is 15.9. The fourth-order valence-electron chi connectivity index (χ4n) is 3.61. The Bertz CT molecular complexity index is 1200. The third-order valence-corrected chi connectivity index (χ3v) is 5.37. The molecule has 3 N–H and O–H groups in total. The van der Waals surface area contributed by atoms with Crippen LogP contribution in [0.25, 0.3) is 11.1 Å². The summed E-state index contributed by atoms with van der Waals surface area (Å²) < 4.78 is 5.98. The number of nitrogens with one attached hydrogen (secondary N) is 2. The van der Waals surface area contributed by atoms with Gasteiger partial charge in [-0.3, -0.25) is 4.79 Å². The summed E-state index contributed by atoms with van der Waals surface area (Å²) >= 11 is 0. The van der Waals surface area contributed by atoms with Crippen molar-refractivity contribution in [3.8, 4) is 22.6 Å². The number of Topliss-reactive ketones (excluding diaryl/α,β-unsaturated/α-hetero) is 1. The molecule has 0 heterocycles. The molecule has 0 atom stereocenters. The van der Waals surface area contributed by atoms with Gasteiger partial charge >= 0.3 is 6.03 Å². The molecule has 0 aromatic heterocycles. The topological polar surface area (TPSA) is 87.7 Å². The highest BCUT2D eigenvalue weighted by Gasteiger charge is 2.21. The highest BCUT2D eigenvalue weighted by Crippen LogP contribution is 2.34. The third kappa shape index (κ3) is 6.38. The number of anilines is 1. The smallest absolute Gasteiger partial charge is 0.318 e. The minimum absolute atomic E-state index is 0.0269. The molecule has 0 aliphatic rings. The van der Waals surface area contributed by atoms with Crippen molar-refractivity contribution in [1.82, 2.24) is 5.32 Å². The van der Waals surface area contributed by atoms with Crippen LogP contribution in [0, 0.1) is 12.3 Å². The van der Waals surface area contributed by atoms with Gasteiger partial charge in [0.25, 0.3) is 0 Å². The van der Waals surface area contributed by atoms with E-state index in [0.717, 1.165) is 16.7 Å². The molecular formula is C28H32N2O4. The second-order valence-electron chi connectivity index (χ2n) is 9.52. The fourth-order valence-corrected chi connectivity index (χ4v) is 3.61. The van der Waals surface area contributed by atoms with Gasteiger partial charge in [-0.2, -0.15) is 0 Å². The van der Waals surface area contributed by atoms with Crippen LogP contribution in [0.15, 0.2) is 60.7 Å². The number of aromatic hydroxyl groups is 1. The number of hydrogen-bond donors (Lipinski definition) is 3. The van der Waals surface area contributed by atoms with Gasteiger partial charge in [-0.25, -0.2) is 4.79 Å². The van der Waals surface area contributed by atoms with Gasteiger partial charge < -0.3 is 20.5 Å². The van der Waals surface area contributed by atoms with E-state index in [9.17, 15) is 14.7 Å². The summed E-state index contributed by atoms with van der Waals surface area (Å²) in [4.78, 5) is 24.2. The van der Waals surface area contributed by atoms with Crippen molar-refractivity contribution in [2.24, 2.45) is 5.41 Å². The van der Waals surface area contributed by atoms with E-state index in [-0.39, 0.29) is 23.0 Å². The molecule has 0 unspecified atom stereocenters. The SMILES string of the molecule is CNC(=O)Nc1cccc(-c2cccc(COc3ccc(C(=O)CC(C)(C)C)c(O)c3C)c2)c1. The number of phenolic OH excluding ortho intramolecular Hbond substituents is 1. The molecule has 34 heavy (non-hydrogen) atoms. The first kappa shape index (κ1) is 24.8. The lowest BCUT2D eigenvalue weighted by molar-refractivity contribution is 0.0937. The maximum atomic E-state index is 12.6. The Balaban J connectivity index is 1.74. The third-order valence-electron chi connectivity index (χ3n) is 5.37. The lowest BCUT2D eigenvalue weighted by Crippen LogP contribution is -2.24. The molecule has 6 heteroatoms. The summed E-state index contributed by atoms with van der Waals surface area (Å²) in [7, 11) is 1.57. The van der Waals surface area contributed by atoms with Crippen molar-refractivity contribution in [1.29, 1.82) is 0 Å². The van der Waals surface area contributed by atoms with Gasteiger partial charge in [0.1, 0.15) is 18.1 Å². The summed E-state index contributed by atoms with van der Waals surface area (Å²) in [6.45, 7) is 8.04. The number of rotatable bonds is 7. The second kappa shape index (κ2) is 10.4. The Kier molecular flexibility index (Phi) is 7.61. The zero-order chi connectivity index (χ0) is 24.9. The predicted molar refractivity (Wildman–Crippen MR) is 136 cm³/mol. The largest absolute Gasteiger partial charge is 0.507 e. The average Bonchev–Trinajstić information content (AvgIpc) is 2.79. The van der Waals surface area contributed by atoms with E-state index in [1.54, 1.807) is 26.1 Å². The molecule has 3 aromatic carbocycles. The maximum absolute atomic E-state index is 12.6. The van der Waals surface area contributed by atoms with Crippen LogP contribution in [0.2, 0.25) is 0 Å². The van der Waals surface area contributed by atoms with E-state index in [1.165, 1.54) is 0 Å².